The topological polar surface area (TPSA) is 49.4 Å². The summed E-state index contributed by atoms with van der Waals surface area (Å²) >= 11 is 0. The highest BCUT2D eigenvalue weighted by Gasteiger charge is 2.29. The van der Waals surface area contributed by atoms with Crippen molar-refractivity contribution < 1.29 is 9.59 Å². The molecule has 1 saturated heterocycles. The van der Waals surface area contributed by atoms with E-state index in [0.29, 0.717) is 25.3 Å². The van der Waals surface area contributed by atoms with E-state index in [4.69, 9.17) is 0 Å². The van der Waals surface area contributed by atoms with Gasteiger partial charge in [0.05, 0.1) is 0 Å². The molecule has 2 atom stereocenters. The fraction of sp³-hybridized carbons (Fsp3) is 0.714. The predicted octanol–water partition coefficient (Wildman–Crippen LogP) is 1.47. The zero-order valence-corrected chi connectivity index (χ0v) is 11.0. The standard InChI is InChI=1S/C14H22N2O2/c1-2-12-14(18)16(9-8-13(17)15-12)10-11-6-4-3-5-7-11/h3-4,11-12H,2,5-10H2,1H3,(H,15,17). The molecule has 0 aromatic carbocycles. The Morgan fingerprint density at radius 3 is 2.89 bits per heavy atom. The van der Waals surface area contributed by atoms with Gasteiger partial charge in [0.25, 0.3) is 0 Å². The highest BCUT2D eigenvalue weighted by atomic mass is 16.2. The van der Waals surface area contributed by atoms with Crippen molar-refractivity contribution in [3.63, 3.8) is 0 Å². The fourth-order valence-corrected chi connectivity index (χ4v) is 2.69. The summed E-state index contributed by atoms with van der Waals surface area (Å²) in [7, 11) is 0. The molecule has 1 fully saturated rings. The van der Waals surface area contributed by atoms with Gasteiger partial charge >= 0.3 is 0 Å². The molecule has 1 heterocycles. The lowest BCUT2D eigenvalue weighted by atomic mass is 9.93. The van der Waals surface area contributed by atoms with E-state index in [-0.39, 0.29) is 17.9 Å². The Morgan fingerprint density at radius 1 is 1.39 bits per heavy atom. The number of carbonyl (C=O) groups excluding carboxylic acids is 2. The van der Waals surface area contributed by atoms with Crippen LogP contribution in [0.25, 0.3) is 0 Å². The van der Waals surface area contributed by atoms with Crippen molar-refractivity contribution in [2.45, 2.75) is 45.1 Å². The Balaban J connectivity index is 1.99. The number of hydrogen-bond donors (Lipinski definition) is 1. The first-order valence-electron chi connectivity index (χ1n) is 6.94. The summed E-state index contributed by atoms with van der Waals surface area (Å²) in [6.07, 6.45) is 8.84. The van der Waals surface area contributed by atoms with E-state index in [9.17, 15) is 9.59 Å². The van der Waals surface area contributed by atoms with E-state index in [1.165, 1.54) is 0 Å². The molecule has 0 aromatic rings. The van der Waals surface area contributed by atoms with Crippen LogP contribution in [0.1, 0.15) is 39.0 Å². The second-order valence-corrected chi connectivity index (χ2v) is 5.21. The third kappa shape index (κ3) is 3.12. The van der Waals surface area contributed by atoms with Crippen LogP contribution >= 0.6 is 0 Å². The molecule has 0 bridgehead atoms. The van der Waals surface area contributed by atoms with E-state index >= 15 is 0 Å². The van der Waals surface area contributed by atoms with E-state index in [0.717, 1.165) is 25.8 Å². The van der Waals surface area contributed by atoms with Crippen LogP contribution in [0.5, 0.6) is 0 Å². The molecule has 0 saturated carbocycles. The van der Waals surface area contributed by atoms with Crippen LogP contribution in [-0.2, 0) is 9.59 Å². The van der Waals surface area contributed by atoms with Crippen molar-refractivity contribution in [2.24, 2.45) is 5.92 Å². The number of carbonyl (C=O) groups is 2. The van der Waals surface area contributed by atoms with Gasteiger partial charge in [0.1, 0.15) is 6.04 Å². The SMILES string of the molecule is CCC1NC(=O)CCN(CC2CC=CCC2)C1=O. The van der Waals surface area contributed by atoms with Gasteiger partial charge in [-0.15, -0.1) is 0 Å². The molecule has 4 heteroatoms. The van der Waals surface area contributed by atoms with Crippen molar-refractivity contribution >= 4 is 11.8 Å². The third-order valence-corrected chi connectivity index (χ3v) is 3.82. The molecule has 2 amide bonds. The number of rotatable bonds is 3. The Kier molecular flexibility index (Phi) is 4.39. The van der Waals surface area contributed by atoms with Crippen LogP contribution in [0, 0.1) is 5.92 Å². The lowest BCUT2D eigenvalue weighted by Gasteiger charge is -2.28. The molecular weight excluding hydrogens is 228 g/mol. The van der Waals surface area contributed by atoms with Crippen molar-refractivity contribution in [2.75, 3.05) is 13.1 Å². The van der Waals surface area contributed by atoms with Crippen LogP contribution in [0.15, 0.2) is 12.2 Å². The van der Waals surface area contributed by atoms with E-state index in [1.54, 1.807) is 0 Å². The molecule has 1 aliphatic carbocycles. The van der Waals surface area contributed by atoms with Gasteiger partial charge in [-0.05, 0) is 31.6 Å². The highest BCUT2D eigenvalue weighted by Crippen LogP contribution is 2.20. The van der Waals surface area contributed by atoms with E-state index in [1.807, 2.05) is 11.8 Å². The van der Waals surface area contributed by atoms with Gasteiger partial charge in [-0.2, -0.15) is 0 Å². The number of nitrogens with one attached hydrogen (secondary N) is 1. The Bertz CT molecular complexity index is 352. The Morgan fingerprint density at radius 2 is 2.22 bits per heavy atom. The van der Waals surface area contributed by atoms with Crippen LogP contribution in [0.3, 0.4) is 0 Å². The molecule has 1 N–H and O–H groups in total. The monoisotopic (exact) mass is 250 g/mol. The Labute approximate surface area is 108 Å². The first-order valence-corrected chi connectivity index (χ1v) is 6.94. The van der Waals surface area contributed by atoms with Crippen molar-refractivity contribution in [3.05, 3.63) is 12.2 Å². The largest absolute Gasteiger partial charge is 0.344 e. The summed E-state index contributed by atoms with van der Waals surface area (Å²) in [6, 6.07) is -0.320. The molecule has 4 nitrogen and oxygen atoms in total. The van der Waals surface area contributed by atoms with Crippen LogP contribution in [-0.4, -0.2) is 35.8 Å². The lowest BCUT2D eigenvalue weighted by molar-refractivity contribution is -0.134. The number of allylic oxidation sites excluding steroid dienone is 2. The van der Waals surface area contributed by atoms with Gasteiger partial charge < -0.3 is 10.2 Å². The quantitative estimate of drug-likeness (QED) is 0.771. The summed E-state index contributed by atoms with van der Waals surface area (Å²) in [6.45, 7) is 3.31. The predicted molar refractivity (Wildman–Crippen MR) is 69.9 cm³/mol. The first-order chi connectivity index (χ1) is 8.70. The maximum Gasteiger partial charge on any atom is 0.245 e. The normalized spacial score (nSPS) is 29.1. The summed E-state index contributed by atoms with van der Waals surface area (Å²) < 4.78 is 0. The zero-order valence-electron chi connectivity index (χ0n) is 11.0. The maximum absolute atomic E-state index is 12.3. The molecule has 100 valence electrons. The molecule has 0 radical (unpaired) electrons. The minimum atomic E-state index is -0.320. The number of nitrogens with zero attached hydrogens (tertiary/aromatic N) is 1. The number of amides is 2. The minimum Gasteiger partial charge on any atom is -0.344 e. The van der Waals surface area contributed by atoms with E-state index < -0.39 is 0 Å². The lowest BCUT2D eigenvalue weighted by Crippen LogP contribution is -2.45. The molecule has 2 unspecified atom stereocenters. The van der Waals surface area contributed by atoms with Crippen molar-refractivity contribution in [1.29, 1.82) is 0 Å². The van der Waals surface area contributed by atoms with Gasteiger partial charge in [-0.25, -0.2) is 0 Å². The summed E-state index contributed by atoms with van der Waals surface area (Å²) in [4.78, 5) is 25.7. The molecule has 0 aromatic heterocycles. The molecule has 2 aliphatic rings. The molecular formula is C14H22N2O2. The average molecular weight is 250 g/mol. The summed E-state index contributed by atoms with van der Waals surface area (Å²) in [5.74, 6) is 0.656. The van der Waals surface area contributed by atoms with Gasteiger partial charge in [0.2, 0.25) is 11.8 Å². The summed E-state index contributed by atoms with van der Waals surface area (Å²) in [5.41, 5.74) is 0. The second-order valence-electron chi connectivity index (χ2n) is 5.21. The summed E-state index contributed by atoms with van der Waals surface area (Å²) in [5, 5.41) is 2.80. The van der Waals surface area contributed by atoms with Gasteiger partial charge in [0, 0.05) is 19.5 Å². The van der Waals surface area contributed by atoms with Crippen molar-refractivity contribution in [1.82, 2.24) is 10.2 Å². The van der Waals surface area contributed by atoms with Gasteiger partial charge in [0.15, 0.2) is 0 Å². The average Bonchev–Trinajstić information content (AvgIpc) is 2.53. The Hall–Kier alpha value is -1.32. The van der Waals surface area contributed by atoms with Crippen molar-refractivity contribution in [3.8, 4) is 0 Å². The molecule has 2 rings (SSSR count). The molecule has 1 aliphatic heterocycles. The van der Waals surface area contributed by atoms with Crippen LogP contribution < -0.4 is 5.32 Å². The zero-order chi connectivity index (χ0) is 13.0. The second kappa shape index (κ2) is 6.03. The number of hydrogen-bond acceptors (Lipinski definition) is 2. The van der Waals surface area contributed by atoms with E-state index in [2.05, 4.69) is 17.5 Å². The van der Waals surface area contributed by atoms with Gasteiger partial charge in [-0.1, -0.05) is 19.1 Å². The minimum absolute atomic E-state index is 0.00115. The van der Waals surface area contributed by atoms with Gasteiger partial charge in [-0.3, -0.25) is 9.59 Å². The maximum atomic E-state index is 12.3. The fourth-order valence-electron chi connectivity index (χ4n) is 2.69. The highest BCUT2D eigenvalue weighted by molar-refractivity contribution is 5.89. The molecule has 0 spiro atoms. The van der Waals surface area contributed by atoms with Crippen LogP contribution in [0.4, 0.5) is 0 Å². The smallest absolute Gasteiger partial charge is 0.245 e. The first kappa shape index (κ1) is 13.1. The third-order valence-electron chi connectivity index (χ3n) is 3.82. The molecule has 18 heavy (non-hydrogen) atoms. The van der Waals surface area contributed by atoms with Crippen LogP contribution in [0.2, 0.25) is 0 Å².